The molecule has 2 N–H and O–H groups in total. The SMILES string of the molecule is CCC(O)CCNC(=O)c1ccc([N+](=O)[O-])cc1Br. The highest BCUT2D eigenvalue weighted by Crippen LogP contribution is 2.22. The third kappa shape index (κ3) is 4.60. The molecule has 0 bridgehead atoms. The Labute approximate surface area is 119 Å². The zero-order chi connectivity index (χ0) is 14.4. The fourth-order valence-electron chi connectivity index (χ4n) is 1.45. The molecule has 7 heteroatoms. The minimum atomic E-state index is -0.524. The smallest absolute Gasteiger partial charge is 0.270 e. The van der Waals surface area contributed by atoms with Gasteiger partial charge in [0.05, 0.1) is 16.6 Å². The van der Waals surface area contributed by atoms with Gasteiger partial charge in [0.2, 0.25) is 0 Å². The van der Waals surface area contributed by atoms with Crippen LogP contribution in [0.4, 0.5) is 5.69 Å². The minimum absolute atomic E-state index is 0.0789. The van der Waals surface area contributed by atoms with Crippen molar-refractivity contribution >= 4 is 27.5 Å². The molecule has 0 heterocycles. The van der Waals surface area contributed by atoms with E-state index in [-0.39, 0.29) is 11.6 Å². The van der Waals surface area contributed by atoms with Crippen molar-refractivity contribution in [1.82, 2.24) is 5.32 Å². The van der Waals surface area contributed by atoms with Gasteiger partial charge in [0.25, 0.3) is 11.6 Å². The molecule has 1 unspecified atom stereocenters. The maximum Gasteiger partial charge on any atom is 0.270 e. The van der Waals surface area contributed by atoms with Crippen LogP contribution in [0, 0.1) is 10.1 Å². The average molecular weight is 331 g/mol. The Morgan fingerprint density at radius 3 is 2.79 bits per heavy atom. The van der Waals surface area contributed by atoms with E-state index in [2.05, 4.69) is 21.2 Å². The van der Waals surface area contributed by atoms with Crippen LogP contribution in [-0.2, 0) is 0 Å². The van der Waals surface area contributed by atoms with Crippen LogP contribution in [0.2, 0.25) is 0 Å². The van der Waals surface area contributed by atoms with Crippen molar-refractivity contribution < 1.29 is 14.8 Å². The van der Waals surface area contributed by atoms with E-state index in [0.29, 0.717) is 29.4 Å². The van der Waals surface area contributed by atoms with Crippen LogP contribution in [0.3, 0.4) is 0 Å². The van der Waals surface area contributed by atoms with Crippen molar-refractivity contribution in [3.8, 4) is 0 Å². The zero-order valence-electron chi connectivity index (χ0n) is 10.4. The average Bonchev–Trinajstić information content (AvgIpc) is 2.37. The molecule has 1 aromatic carbocycles. The van der Waals surface area contributed by atoms with Crippen molar-refractivity contribution in [3.05, 3.63) is 38.3 Å². The van der Waals surface area contributed by atoms with Gasteiger partial charge in [0.1, 0.15) is 0 Å². The number of nitrogens with one attached hydrogen (secondary N) is 1. The second-order valence-electron chi connectivity index (χ2n) is 4.03. The van der Waals surface area contributed by atoms with Crippen LogP contribution in [0.5, 0.6) is 0 Å². The highest BCUT2D eigenvalue weighted by atomic mass is 79.9. The Kier molecular flexibility index (Phi) is 5.91. The number of aliphatic hydroxyl groups excluding tert-OH is 1. The largest absolute Gasteiger partial charge is 0.393 e. The maximum absolute atomic E-state index is 11.8. The first-order chi connectivity index (χ1) is 8.95. The lowest BCUT2D eigenvalue weighted by Crippen LogP contribution is -2.27. The van der Waals surface area contributed by atoms with E-state index < -0.39 is 11.0 Å². The Hall–Kier alpha value is -1.47. The van der Waals surface area contributed by atoms with Crippen LogP contribution in [0.15, 0.2) is 22.7 Å². The zero-order valence-corrected chi connectivity index (χ0v) is 12.0. The molecule has 0 aliphatic heterocycles. The van der Waals surface area contributed by atoms with Gasteiger partial charge in [-0.05, 0) is 34.8 Å². The molecule has 0 aliphatic carbocycles. The molecule has 19 heavy (non-hydrogen) atoms. The summed E-state index contributed by atoms with van der Waals surface area (Å²) in [4.78, 5) is 21.9. The quantitative estimate of drug-likeness (QED) is 0.618. The molecule has 0 aromatic heterocycles. The fraction of sp³-hybridized carbons (Fsp3) is 0.417. The van der Waals surface area contributed by atoms with Crippen molar-refractivity contribution in [2.45, 2.75) is 25.9 Å². The molecular weight excluding hydrogens is 316 g/mol. The monoisotopic (exact) mass is 330 g/mol. The number of hydrogen-bond donors (Lipinski definition) is 2. The third-order valence-corrected chi connectivity index (χ3v) is 3.30. The maximum atomic E-state index is 11.8. The van der Waals surface area contributed by atoms with Crippen LogP contribution < -0.4 is 5.32 Å². The van der Waals surface area contributed by atoms with E-state index in [0.717, 1.165) is 0 Å². The summed E-state index contributed by atoms with van der Waals surface area (Å²) in [6.07, 6.45) is 0.685. The summed E-state index contributed by atoms with van der Waals surface area (Å²) in [7, 11) is 0. The number of carbonyl (C=O) groups is 1. The van der Waals surface area contributed by atoms with Crippen molar-refractivity contribution in [2.75, 3.05) is 6.54 Å². The van der Waals surface area contributed by atoms with E-state index in [1.807, 2.05) is 6.92 Å². The first kappa shape index (κ1) is 15.6. The number of nitro benzene ring substituents is 1. The second kappa shape index (κ2) is 7.20. The minimum Gasteiger partial charge on any atom is -0.393 e. The fourth-order valence-corrected chi connectivity index (χ4v) is 2.00. The first-order valence-corrected chi connectivity index (χ1v) is 6.65. The van der Waals surface area contributed by atoms with Gasteiger partial charge in [-0.1, -0.05) is 6.92 Å². The van der Waals surface area contributed by atoms with Gasteiger partial charge >= 0.3 is 0 Å². The number of nitro groups is 1. The second-order valence-corrected chi connectivity index (χ2v) is 4.88. The van der Waals surface area contributed by atoms with E-state index in [9.17, 15) is 20.0 Å². The molecule has 1 atom stereocenters. The topological polar surface area (TPSA) is 92.5 Å². The molecule has 0 spiro atoms. The summed E-state index contributed by atoms with van der Waals surface area (Å²) in [6, 6.07) is 3.96. The van der Waals surface area contributed by atoms with E-state index in [1.165, 1.54) is 18.2 Å². The number of rotatable bonds is 6. The lowest BCUT2D eigenvalue weighted by Gasteiger charge is -2.09. The Morgan fingerprint density at radius 1 is 1.58 bits per heavy atom. The molecule has 0 saturated carbocycles. The van der Waals surface area contributed by atoms with Crippen molar-refractivity contribution in [1.29, 1.82) is 0 Å². The molecular formula is C12H15BrN2O4. The third-order valence-electron chi connectivity index (χ3n) is 2.64. The number of non-ortho nitro benzene ring substituents is 1. The number of benzene rings is 1. The van der Waals surface area contributed by atoms with Crippen LogP contribution in [-0.4, -0.2) is 28.6 Å². The summed E-state index contributed by atoms with van der Waals surface area (Å²) >= 11 is 3.14. The number of halogens is 1. The standard InChI is InChI=1S/C12H15BrN2O4/c1-2-9(16)5-6-14-12(17)10-4-3-8(15(18)19)7-11(10)13/h3-4,7,9,16H,2,5-6H2,1H3,(H,14,17). The van der Waals surface area contributed by atoms with Gasteiger partial charge in [-0.15, -0.1) is 0 Å². The lowest BCUT2D eigenvalue weighted by atomic mass is 10.1. The predicted molar refractivity (Wildman–Crippen MR) is 74.0 cm³/mol. The van der Waals surface area contributed by atoms with Gasteiger partial charge in [-0.2, -0.15) is 0 Å². The first-order valence-electron chi connectivity index (χ1n) is 5.86. The normalized spacial score (nSPS) is 11.9. The molecule has 6 nitrogen and oxygen atoms in total. The number of carbonyl (C=O) groups excluding carboxylic acids is 1. The molecule has 1 amide bonds. The van der Waals surface area contributed by atoms with Gasteiger partial charge in [0, 0.05) is 23.2 Å². The summed E-state index contributed by atoms with van der Waals surface area (Å²) < 4.78 is 0.371. The predicted octanol–water partition coefficient (Wildman–Crippen LogP) is 2.25. The number of hydrogen-bond acceptors (Lipinski definition) is 4. The lowest BCUT2D eigenvalue weighted by molar-refractivity contribution is -0.384. The van der Waals surface area contributed by atoms with Crippen LogP contribution >= 0.6 is 15.9 Å². The molecule has 0 fully saturated rings. The van der Waals surface area contributed by atoms with Gasteiger partial charge in [0.15, 0.2) is 0 Å². The Balaban J connectivity index is 2.65. The molecule has 1 aromatic rings. The van der Waals surface area contributed by atoms with Gasteiger partial charge in [-0.25, -0.2) is 0 Å². The van der Waals surface area contributed by atoms with Gasteiger partial charge in [-0.3, -0.25) is 14.9 Å². The summed E-state index contributed by atoms with van der Waals surface area (Å²) in [5, 5.41) is 22.6. The molecule has 0 radical (unpaired) electrons. The van der Waals surface area contributed by atoms with E-state index in [1.54, 1.807) is 0 Å². The summed E-state index contributed by atoms with van der Waals surface area (Å²) in [6.45, 7) is 2.22. The summed E-state index contributed by atoms with van der Waals surface area (Å²) in [5.74, 6) is -0.329. The van der Waals surface area contributed by atoms with Crippen LogP contribution in [0.1, 0.15) is 30.1 Å². The Bertz CT molecular complexity index is 479. The molecule has 0 aliphatic rings. The summed E-state index contributed by atoms with van der Waals surface area (Å²) in [5.41, 5.74) is 0.251. The van der Waals surface area contributed by atoms with E-state index in [4.69, 9.17) is 0 Å². The van der Waals surface area contributed by atoms with Crippen LogP contribution in [0.25, 0.3) is 0 Å². The van der Waals surface area contributed by atoms with Crippen molar-refractivity contribution in [2.24, 2.45) is 0 Å². The van der Waals surface area contributed by atoms with Crippen molar-refractivity contribution in [3.63, 3.8) is 0 Å². The Morgan fingerprint density at radius 2 is 2.26 bits per heavy atom. The number of aliphatic hydroxyl groups is 1. The highest BCUT2D eigenvalue weighted by molar-refractivity contribution is 9.10. The van der Waals surface area contributed by atoms with E-state index >= 15 is 0 Å². The number of amides is 1. The molecule has 1 rings (SSSR count). The molecule has 0 saturated heterocycles. The number of nitrogens with zero attached hydrogens (tertiary/aromatic N) is 1. The molecule has 104 valence electrons. The van der Waals surface area contributed by atoms with Gasteiger partial charge < -0.3 is 10.4 Å². The highest BCUT2D eigenvalue weighted by Gasteiger charge is 2.14.